The molecular weight excluding hydrogens is 240 g/mol. The van der Waals surface area contributed by atoms with Crippen LogP contribution in [0.15, 0.2) is 12.1 Å². The first kappa shape index (κ1) is 14.1. The summed E-state index contributed by atoms with van der Waals surface area (Å²) in [5, 5.41) is 8.80. The fraction of sp³-hybridized carbons (Fsp3) is 0.385. The second kappa shape index (κ2) is 6.10. The number of hydrogen-bond donors (Lipinski definition) is 0. The fourth-order valence-electron chi connectivity index (χ4n) is 1.63. The van der Waals surface area contributed by atoms with E-state index in [4.69, 9.17) is 10.00 Å². The van der Waals surface area contributed by atoms with Crippen LogP contribution in [0.5, 0.6) is 0 Å². The molecule has 0 aromatic heterocycles. The molecule has 1 aromatic carbocycles. The molecule has 0 N–H and O–H groups in total. The average Bonchev–Trinajstić information content (AvgIpc) is 2.29. The third-order valence-electron chi connectivity index (χ3n) is 2.48. The van der Waals surface area contributed by atoms with Crippen LogP contribution in [0.2, 0.25) is 0 Å². The van der Waals surface area contributed by atoms with E-state index in [9.17, 15) is 13.6 Å². The van der Waals surface area contributed by atoms with Gasteiger partial charge in [-0.25, -0.2) is 8.78 Å². The molecule has 0 amide bonds. The summed E-state index contributed by atoms with van der Waals surface area (Å²) in [5.41, 5.74) is 0.685. The molecule has 0 fully saturated rings. The molecule has 0 aliphatic rings. The first-order chi connectivity index (χ1) is 8.49. The van der Waals surface area contributed by atoms with Gasteiger partial charge in [0.2, 0.25) is 0 Å². The largest absolute Gasteiger partial charge is 0.466 e. The Labute approximate surface area is 104 Å². The Kier molecular flexibility index (Phi) is 4.78. The Morgan fingerprint density at radius 2 is 2.17 bits per heavy atom. The van der Waals surface area contributed by atoms with E-state index in [-0.39, 0.29) is 29.7 Å². The van der Waals surface area contributed by atoms with Crippen molar-refractivity contribution in [2.24, 2.45) is 0 Å². The third kappa shape index (κ3) is 3.27. The fourth-order valence-corrected chi connectivity index (χ4v) is 1.63. The van der Waals surface area contributed by atoms with Crippen molar-refractivity contribution in [3.8, 4) is 6.07 Å². The second-order valence-corrected chi connectivity index (χ2v) is 3.76. The van der Waals surface area contributed by atoms with Gasteiger partial charge in [-0.1, -0.05) is 6.07 Å². The van der Waals surface area contributed by atoms with Crippen LogP contribution >= 0.6 is 0 Å². The molecular formula is C13H13F2NO2. The molecule has 18 heavy (non-hydrogen) atoms. The number of carbonyl (C=O) groups excluding carboxylic acids is 1. The zero-order valence-electron chi connectivity index (χ0n) is 10.2. The predicted molar refractivity (Wildman–Crippen MR) is 61.2 cm³/mol. The van der Waals surface area contributed by atoms with Gasteiger partial charge in [0, 0.05) is 5.56 Å². The highest BCUT2D eigenvalue weighted by molar-refractivity contribution is 5.73. The minimum Gasteiger partial charge on any atom is -0.466 e. The maximum atomic E-state index is 12.9. The monoisotopic (exact) mass is 253 g/mol. The maximum absolute atomic E-state index is 12.9. The number of alkyl halides is 2. The molecule has 0 heterocycles. The lowest BCUT2D eigenvalue weighted by Gasteiger charge is -2.11. The summed E-state index contributed by atoms with van der Waals surface area (Å²) in [7, 11) is 0. The van der Waals surface area contributed by atoms with Gasteiger partial charge in [0.25, 0.3) is 6.43 Å². The van der Waals surface area contributed by atoms with Gasteiger partial charge in [0.1, 0.15) is 0 Å². The van der Waals surface area contributed by atoms with Crippen molar-refractivity contribution >= 4 is 5.97 Å². The Hall–Kier alpha value is -1.96. The van der Waals surface area contributed by atoms with E-state index in [0.717, 1.165) is 6.07 Å². The molecule has 0 aliphatic carbocycles. The Morgan fingerprint density at radius 1 is 1.50 bits per heavy atom. The van der Waals surface area contributed by atoms with Crippen LogP contribution < -0.4 is 0 Å². The number of nitrogens with zero attached hydrogens (tertiary/aromatic N) is 1. The number of aryl methyl sites for hydroxylation is 1. The SMILES string of the molecule is CCOC(=O)Cc1cc(C)c(C#N)cc1C(F)F. The highest BCUT2D eigenvalue weighted by atomic mass is 19.3. The zero-order valence-corrected chi connectivity index (χ0v) is 10.2. The van der Waals surface area contributed by atoms with E-state index in [0.29, 0.717) is 5.56 Å². The molecule has 0 spiro atoms. The van der Waals surface area contributed by atoms with Crippen LogP contribution in [0.25, 0.3) is 0 Å². The molecule has 1 rings (SSSR count). The molecule has 0 radical (unpaired) electrons. The van der Waals surface area contributed by atoms with Crippen LogP contribution in [-0.4, -0.2) is 12.6 Å². The van der Waals surface area contributed by atoms with Crippen LogP contribution in [0, 0.1) is 18.3 Å². The number of carbonyl (C=O) groups is 1. The first-order valence-electron chi connectivity index (χ1n) is 5.46. The molecule has 0 atom stereocenters. The van der Waals surface area contributed by atoms with E-state index in [1.54, 1.807) is 13.8 Å². The Bertz CT molecular complexity index is 492. The van der Waals surface area contributed by atoms with Gasteiger partial charge in [-0.3, -0.25) is 4.79 Å². The molecule has 96 valence electrons. The summed E-state index contributed by atoms with van der Waals surface area (Å²) < 4.78 is 30.4. The number of benzene rings is 1. The van der Waals surface area contributed by atoms with Gasteiger partial charge >= 0.3 is 5.97 Å². The maximum Gasteiger partial charge on any atom is 0.310 e. The van der Waals surface area contributed by atoms with Gasteiger partial charge in [-0.2, -0.15) is 5.26 Å². The van der Waals surface area contributed by atoms with Crippen LogP contribution in [0.4, 0.5) is 8.78 Å². The molecule has 0 unspecified atom stereocenters. The van der Waals surface area contributed by atoms with E-state index >= 15 is 0 Å². The van der Waals surface area contributed by atoms with Crippen molar-refractivity contribution < 1.29 is 18.3 Å². The van der Waals surface area contributed by atoms with E-state index in [1.165, 1.54) is 6.07 Å². The zero-order chi connectivity index (χ0) is 13.7. The summed E-state index contributed by atoms with van der Waals surface area (Å²) in [4.78, 5) is 11.3. The molecule has 0 aliphatic heterocycles. The van der Waals surface area contributed by atoms with Crippen LogP contribution in [-0.2, 0) is 16.0 Å². The van der Waals surface area contributed by atoms with E-state index < -0.39 is 12.4 Å². The van der Waals surface area contributed by atoms with Crippen LogP contribution in [0.3, 0.4) is 0 Å². The molecule has 0 saturated carbocycles. The van der Waals surface area contributed by atoms with Crippen LogP contribution in [0.1, 0.15) is 35.6 Å². The van der Waals surface area contributed by atoms with Crippen molar-refractivity contribution in [1.82, 2.24) is 0 Å². The third-order valence-corrected chi connectivity index (χ3v) is 2.48. The first-order valence-corrected chi connectivity index (χ1v) is 5.46. The van der Waals surface area contributed by atoms with Crippen molar-refractivity contribution in [3.63, 3.8) is 0 Å². The molecule has 1 aromatic rings. The number of rotatable bonds is 4. The van der Waals surface area contributed by atoms with Gasteiger partial charge in [0.15, 0.2) is 0 Å². The highest BCUT2D eigenvalue weighted by Crippen LogP contribution is 2.26. The molecule has 0 saturated heterocycles. The molecule has 5 heteroatoms. The van der Waals surface area contributed by atoms with E-state index in [2.05, 4.69) is 0 Å². The lowest BCUT2D eigenvalue weighted by Crippen LogP contribution is -2.10. The van der Waals surface area contributed by atoms with Crippen molar-refractivity contribution in [1.29, 1.82) is 5.26 Å². The molecule has 0 bridgehead atoms. The quantitative estimate of drug-likeness (QED) is 0.775. The van der Waals surface area contributed by atoms with Crippen molar-refractivity contribution in [2.45, 2.75) is 26.7 Å². The lowest BCUT2D eigenvalue weighted by molar-refractivity contribution is -0.142. The summed E-state index contributed by atoms with van der Waals surface area (Å²) in [6.45, 7) is 3.50. The Balaban J connectivity index is 3.14. The normalized spacial score (nSPS) is 10.2. The lowest BCUT2D eigenvalue weighted by atomic mass is 9.98. The van der Waals surface area contributed by atoms with Gasteiger partial charge < -0.3 is 4.74 Å². The highest BCUT2D eigenvalue weighted by Gasteiger charge is 2.18. The minimum absolute atomic E-state index is 0.193. The average molecular weight is 253 g/mol. The summed E-state index contributed by atoms with van der Waals surface area (Å²) in [6.07, 6.45) is -2.93. The Morgan fingerprint density at radius 3 is 2.67 bits per heavy atom. The number of ether oxygens (including phenoxy) is 1. The summed E-state index contributed by atoms with van der Waals surface area (Å²) in [6, 6.07) is 4.42. The summed E-state index contributed by atoms with van der Waals surface area (Å²) in [5.74, 6) is -0.552. The number of hydrogen-bond acceptors (Lipinski definition) is 3. The second-order valence-electron chi connectivity index (χ2n) is 3.76. The smallest absolute Gasteiger partial charge is 0.310 e. The minimum atomic E-state index is -2.72. The van der Waals surface area contributed by atoms with Gasteiger partial charge in [-0.15, -0.1) is 0 Å². The topological polar surface area (TPSA) is 50.1 Å². The number of halogens is 2. The number of esters is 1. The van der Waals surface area contributed by atoms with Crippen molar-refractivity contribution in [3.05, 3.63) is 34.4 Å². The molecule has 3 nitrogen and oxygen atoms in total. The standard InChI is InChI=1S/C13H13F2NO2/c1-3-18-12(17)6-9-4-8(2)10(7-16)5-11(9)13(14)15/h4-5,13H,3,6H2,1-2H3. The van der Waals surface area contributed by atoms with E-state index in [1.807, 2.05) is 6.07 Å². The number of nitriles is 1. The predicted octanol–water partition coefficient (Wildman–Crippen LogP) is 2.91. The van der Waals surface area contributed by atoms with Crippen molar-refractivity contribution in [2.75, 3.05) is 6.61 Å². The van der Waals surface area contributed by atoms with Gasteiger partial charge in [0.05, 0.1) is 24.7 Å². The summed E-state index contributed by atoms with van der Waals surface area (Å²) >= 11 is 0. The van der Waals surface area contributed by atoms with Gasteiger partial charge in [-0.05, 0) is 31.0 Å².